The minimum absolute atomic E-state index is 0.210. The summed E-state index contributed by atoms with van der Waals surface area (Å²) in [6.07, 6.45) is 3.71. The van der Waals surface area contributed by atoms with Crippen molar-refractivity contribution in [1.82, 2.24) is 4.98 Å². The molecule has 0 amide bonds. The minimum atomic E-state index is -0.423. The first kappa shape index (κ1) is 11.7. The van der Waals surface area contributed by atoms with Crippen LogP contribution in [0.15, 0.2) is 18.5 Å². The Morgan fingerprint density at radius 1 is 1.47 bits per heavy atom. The molecule has 3 heteroatoms. The zero-order valence-corrected chi connectivity index (χ0v) is 9.70. The van der Waals surface area contributed by atoms with Gasteiger partial charge in [-0.25, -0.2) is 0 Å². The van der Waals surface area contributed by atoms with E-state index in [2.05, 4.69) is 4.98 Å². The maximum Gasteiger partial charge on any atom is 0.310 e. The van der Waals surface area contributed by atoms with Gasteiger partial charge in [-0.05, 0) is 44.9 Å². The monoisotopic (exact) mass is 207 g/mol. The molecule has 0 N–H and O–H groups in total. The van der Waals surface area contributed by atoms with Crippen LogP contribution in [-0.4, -0.2) is 16.6 Å². The van der Waals surface area contributed by atoms with Crippen LogP contribution in [0.5, 0.6) is 0 Å². The number of ether oxygens (including phenoxy) is 1. The quantitative estimate of drug-likeness (QED) is 0.698. The fraction of sp³-hybridized carbons (Fsp3) is 0.500. The highest BCUT2D eigenvalue weighted by Crippen LogP contribution is 2.11. The molecule has 0 aromatic carbocycles. The molecule has 82 valence electrons. The van der Waals surface area contributed by atoms with Crippen LogP contribution in [0.25, 0.3) is 0 Å². The van der Waals surface area contributed by atoms with E-state index < -0.39 is 5.60 Å². The van der Waals surface area contributed by atoms with Crippen LogP contribution in [0.3, 0.4) is 0 Å². The highest BCUT2D eigenvalue weighted by atomic mass is 16.6. The fourth-order valence-electron chi connectivity index (χ4n) is 1.21. The third-order valence-electron chi connectivity index (χ3n) is 1.90. The summed E-state index contributed by atoms with van der Waals surface area (Å²) in [6.45, 7) is 7.55. The van der Waals surface area contributed by atoms with E-state index in [1.54, 1.807) is 12.4 Å². The first-order valence-corrected chi connectivity index (χ1v) is 5.00. The molecule has 0 atom stereocenters. The molecule has 0 aliphatic heterocycles. The van der Waals surface area contributed by atoms with Crippen LogP contribution in [0, 0.1) is 6.92 Å². The summed E-state index contributed by atoms with van der Waals surface area (Å²) >= 11 is 0. The molecule has 0 unspecified atom stereocenters. The number of carbonyl (C=O) groups is 1. The molecule has 0 bridgehead atoms. The molecule has 0 aliphatic carbocycles. The summed E-state index contributed by atoms with van der Waals surface area (Å²) in [5, 5.41) is 0. The van der Waals surface area contributed by atoms with E-state index in [1.165, 1.54) is 0 Å². The Morgan fingerprint density at radius 3 is 2.67 bits per heavy atom. The van der Waals surface area contributed by atoms with Crippen molar-refractivity contribution in [2.24, 2.45) is 0 Å². The molecule has 1 rings (SSSR count). The topological polar surface area (TPSA) is 39.2 Å². The van der Waals surface area contributed by atoms with Gasteiger partial charge in [0.25, 0.3) is 0 Å². The highest BCUT2D eigenvalue weighted by Gasteiger charge is 2.16. The molecule has 1 heterocycles. The van der Waals surface area contributed by atoms with Crippen molar-refractivity contribution >= 4 is 5.97 Å². The molecule has 3 nitrogen and oxygen atoms in total. The van der Waals surface area contributed by atoms with Crippen molar-refractivity contribution in [3.05, 3.63) is 29.6 Å². The zero-order chi connectivity index (χ0) is 11.5. The summed E-state index contributed by atoms with van der Waals surface area (Å²) < 4.78 is 5.23. The van der Waals surface area contributed by atoms with Gasteiger partial charge in [-0.3, -0.25) is 9.78 Å². The van der Waals surface area contributed by atoms with Crippen molar-refractivity contribution in [2.45, 2.75) is 39.7 Å². The minimum Gasteiger partial charge on any atom is -0.460 e. The Bertz CT molecular complexity index is 353. The number of aromatic nitrogens is 1. The van der Waals surface area contributed by atoms with Gasteiger partial charge < -0.3 is 4.74 Å². The van der Waals surface area contributed by atoms with Crippen molar-refractivity contribution < 1.29 is 9.53 Å². The van der Waals surface area contributed by atoms with Gasteiger partial charge >= 0.3 is 5.97 Å². The SMILES string of the molecule is Cc1ccncc1CC(=O)OC(C)(C)C. The maximum absolute atomic E-state index is 11.5. The molecule has 0 spiro atoms. The van der Waals surface area contributed by atoms with Gasteiger partial charge in [0, 0.05) is 12.4 Å². The lowest BCUT2D eigenvalue weighted by Gasteiger charge is -2.19. The summed E-state index contributed by atoms with van der Waals surface area (Å²) in [7, 11) is 0. The van der Waals surface area contributed by atoms with Crippen molar-refractivity contribution in [3.8, 4) is 0 Å². The van der Waals surface area contributed by atoms with Gasteiger partial charge in [-0.1, -0.05) is 0 Å². The van der Waals surface area contributed by atoms with Gasteiger partial charge in [0.05, 0.1) is 6.42 Å². The number of hydrogen-bond donors (Lipinski definition) is 0. The standard InChI is InChI=1S/C12H17NO2/c1-9-5-6-13-8-10(9)7-11(14)15-12(2,3)4/h5-6,8H,7H2,1-4H3. The average molecular weight is 207 g/mol. The van der Waals surface area contributed by atoms with Crippen LogP contribution >= 0.6 is 0 Å². The van der Waals surface area contributed by atoms with Crippen LogP contribution in [0.2, 0.25) is 0 Å². The molecular weight excluding hydrogens is 190 g/mol. The predicted octanol–water partition coefficient (Wildman–Crippen LogP) is 2.27. The molecule has 1 aromatic heterocycles. The van der Waals surface area contributed by atoms with E-state index in [0.717, 1.165) is 11.1 Å². The Kier molecular flexibility index (Phi) is 3.45. The molecule has 15 heavy (non-hydrogen) atoms. The second-order valence-electron chi connectivity index (χ2n) is 4.57. The smallest absolute Gasteiger partial charge is 0.310 e. The number of rotatable bonds is 2. The van der Waals surface area contributed by atoms with E-state index in [1.807, 2.05) is 33.8 Å². The largest absolute Gasteiger partial charge is 0.460 e. The maximum atomic E-state index is 11.5. The van der Waals surface area contributed by atoms with E-state index in [4.69, 9.17) is 4.74 Å². The average Bonchev–Trinajstić information content (AvgIpc) is 2.05. The molecule has 0 radical (unpaired) electrons. The Hall–Kier alpha value is -1.38. The van der Waals surface area contributed by atoms with Crippen molar-refractivity contribution in [2.75, 3.05) is 0 Å². The van der Waals surface area contributed by atoms with Crippen LogP contribution < -0.4 is 0 Å². The summed E-state index contributed by atoms with van der Waals surface area (Å²) in [4.78, 5) is 15.5. The first-order valence-electron chi connectivity index (χ1n) is 5.00. The van der Waals surface area contributed by atoms with Crippen LogP contribution in [-0.2, 0) is 16.0 Å². The van der Waals surface area contributed by atoms with Gasteiger partial charge in [-0.15, -0.1) is 0 Å². The van der Waals surface area contributed by atoms with Gasteiger partial charge in [0.15, 0.2) is 0 Å². The summed E-state index contributed by atoms with van der Waals surface area (Å²) in [5.41, 5.74) is 1.57. The van der Waals surface area contributed by atoms with Gasteiger partial charge in [-0.2, -0.15) is 0 Å². The second-order valence-corrected chi connectivity index (χ2v) is 4.57. The van der Waals surface area contributed by atoms with Crippen molar-refractivity contribution in [1.29, 1.82) is 0 Å². The predicted molar refractivity (Wildman–Crippen MR) is 58.5 cm³/mol. The fourth-order valence-corrected chi connectivity index (χ4v) is 1.21. The molecule has 0 saturated carbocycles. The third kappa shape index (κ3) is 4.11. The Balaban J connectivity index is 2.64. The Labute approximate surface area is 90.5 Å². The second kappa shape index (κ2) is 4.43. The van der Waals surface area contributed by atoms with E-state index >= 15 is 0 Å². The van der Waals surface area contributed by atoms with E-state index in [0.29, 0.717) is 0 Å². The van der Waals surface area contributed by atoms with E-state index in [9.17, 15) is 4.79 Å². The van der Waals surface area contributed by atoms with Gasteiger partial charge in [0.2, 0.25) is 0 Å². The lowest BCUT2D eigenvalue weighted by atomic mass is 10.1. The Morgan fingerprint density at radius 2 is 2.13 bits per heavy atom. The lowest BCUT2D eigenvalue weighted by Crippen LogP contribution is -2.25. The number of pyridine rings is 1. The number of hydrogen-bond acceptors (Lipinski definition) is 3. The van der Waals surface area contributed by atoms with E-state index in [-0.39, 0.29) is 12.4 Å². The molecule has 0 fully saturated rings. The summed E-state index contributed by atoms with van der Waals surface area (Å²) in [6, 6.07) is 1.89. The normalized spacial score (nSPS) is 11.2. The molecule has 1 aromatic rings. The molecule has 0 saturated heterocycles. The number of carbonyl (C=O) groups excluding carboxylic acids is 1. The highest BCUT2D eigenvalue weighted by molar-refractivity contribution is 5.73. The van der Waals surface area contributed by atoms with Crippen LogP contribution in [0.4, 0.5) is 0 Å². The number of aryl methyl sites for hydroxylation is 1. The number of esters is 1. The molecule has 0 aliphatic rings. The zero-order valence-electron chi connectivity index (χ0n) is 9.70. The van der Waals surface area contributed by atoms with Crippen molar-refractivity contribution in [3.63, 3.8) is 0 Å². The van der Waals surface area contributed by atoms with Crippen LogP contribution in [0.1, 0.15) is 31.9 Å². The lowest BCUT2D eigenvalue weighted by molar-refractivity contribution is -0.153. The number of nitrogens with zero attached hydrogens (tertiary/aromatic N) is 1. The molecular formula is C12H17NO2. The van der Waals surface area contributed by atoms with Gasteiger partial charge in [0.1, 0.15) is 5.60 Å². The summed E-state index contributed by atoms with van der Waals surface area (Å²) in [5.74, 6) is -0.210. The third-order valence-corrected chi connectivity index (χ3v) is 1.90. The first-order chi connectivity index (χ1) is 6.88.